The van der Waals surface area contributed by atoms with Crippen molar-refractivity contribution in [2.24, 2.45) is 5.92 Å². The zero-order valence-electron chi connectivity index (χ0n) is 11.4. The molecule has 1 aromatic carbocycles. The quantitative estimate of drug-likeness (QED) is 0.864. The van der Waals surface area contributed by atoms with Gasteiger partial charge in [-0.3, -0.25) is 4.79 Å². The zero-order chi connectivity index (χ0) is 13.0. The maximum absolute atomic E-state index is 12.1. The molecular weight excluding hydrogens is 222 g/mol. The summed E-state index contributed by atoms with van der Waals surface area (Å²) in [6.45, 7) is 4.16. The second-order valence-electron chi connectivity index (χ2n) is 5.53. The van der Waals surface area contributed by atoms with Crippen molar-refractivity contribution in [1.29, 1.82) is 0 Å². The largest absolute Gasteiger partial charge is 0.349 e. The topological polar surface area (TPSA) is 29.1 Å². The van der Waals surface area contributed by atoms with Crippen LogP contribution in [0.5, 0.6) is 0 Å². The Balaban J connectivity index is 1.94. The third-order valence-corrected chi connectivity index (χ3v) is 4.00. The van der Waals surface area contributed by atoms with Crippen LogP contribution in [0.1, 0.15) is 54.9 Å². The van der Waals surface area contributed by atoms with Crippen LogP contribution in [0.3, 0.4) is 0 Å². The van der Waals surface area contributed by atoms with Crippen molar-refractivity contribution in [2.45, 2.75) is 52.0 Å². The molecule has 0 bridgehead atoms. The van der Waals surface area contributed by atoms with Gasteiger partial charge in [0.25, 0.3) is 5.91 Å². The number of rotatable bonds is 3. The van der Waals surface area contributed by atoms with Gasteiger partial charge in [0.15, 0.2) is 0 Å². The lowest BCUT2D eigenvalue weighted by Gasteiger charge is -2.28. The summed E-state index contributed by atoms with van der Waals surface area (Å²) in [5, 5.41) is 3.15. The van der Waals surface area contributed by atoms with Crippen LogP contribution in [0.4, 0.5) is 0 Å². The minimum atomic E-state index is 0.0665. The summed E-state index contributed by atoms with van der Waals surface area (Å²) in [7, 11) is 0. The van der Waals surface area contributed by atoms with Crippen molar-refractivity contribution in [3.63, 3.8) is 0 Å². The van der Waals surface area contributed by atoms with E-state index in [4.69, 9.17) is 0 Å². The van der Waals surface area contributed by atoms with Gasteiger partial charge in [0, 0.05) is 11.6 Å². The van der Waals surface area contributed by atoms with Crippen LogP contribution in [-0.4, -0.2) is 11.9 Å². The summed E-state index contributed by atoms with van der Waals surface area (Å²) in [6, 6.07) is 8.08. The summed E-state index contributed by atoms with van der Waals surface area (Å²) in [4.78, 5) is 12.1. The van der Waals surface area contributed by atoms with E-state index in [1.165, 1.54) is 32.1 Å². The number of nitrogens with one attached hydrogen (secondary N) is 1. The Morgan fingerprint density at radius 1 is 1.28 bits per heavy atom. The van der Waals surface area contributed by atoms with Crippen LogP contribution in [0.15, 0.2) is 24.3 Å². The molecule has 1 fully saturated rings. The van der Waals surface area contributed by atoms with E-state index in [-0.39, 0.29) is 5.91 Å². The molecule has 1 aliphatic carbocycles. The molecule has 2 nitrogen and oxygen atoms in total. The van der Waals surface area contributed by atoms with Gasteiger partial charge in [0.1, 0.15) is 0 Å². The summed E-state index contributed by atoms with van der Waals surface area (Å²) in [5.41, 5.74) is 1.91. The fraction of sp³-hybridized carbons (Fsp3) is 0.562. The van der Waals surface area contributed by atoms with Crippen molar-refractivity contribution in [2.75, 3.05) is 0 Å². The lowest BCUT2D eigenvalue weighted by molar-refractivity contribution is 0.0919. The number of amides is 1. The summed E-state index contributed by atoms with van der Waals surface area (Å²) in [5.74, 6) is 0.726. The predicted molar refractivity (Wildman–Crippen MR) is 74.7 cm³/mol. The lowest BCUT2D eigenvalue weighted by Crippen LogP contribution is -2.38. The van der Waals surface area contributed by atoms with E-state index < -0.39 is 0 Å². The number of carbonyl (C=O) groups excluding carboxylic acids is 1. The molecule has 1 atom stereocenters. The Labute approximate surface area is 110 Å². The predicted octanol–water partition coefficient (Wildman–Crippen LogP) is 3.69. The molecule has 1 N–H and O–H groups in total. The minimum Gasteiger partial charge on any atom is -0.349 e. The normalized spacial score (nSPS) is 18.3. The molecule has 0 aromatic heterocycles. The third kappa shape index (κ3) is 3.34. The number of hydrogen-bond donors (Lipinski definition) is 1. The zero-order valence-corrected chi connectivity index (χ0v) is 11.4. The number of carbonyl (C=O) groups is 1. The Bertz CT molecular complexity index is 407. The number of benzene rings is 1. The van der Waals surface area contributed by atoms with Crippen LogP contribution < -0.4 is 5.32 Å². The second kappa shape index (κ2) is 6.03. The third-order valence-electron chi connectivity index (χ3n) is 4.00. The number of aryl methyl sites for hydroxylation is 1. The van der Waals surface area contributed by atoms with Crippen molar-refractivity contribution in [1.82, 2.24) is 5.32 Å². The van der Waals surface area contributed by atoms with E-state index in [0.29, 0.717) is 12.0 Å². The van der Waals surface area contributed by atoms with Crippen LogP contribution in [0.2, 0.25) is 0 Å². The highest BCUT2D eigenvalue weighted by Crippen LogP contribution is 2.26. The molecule has 0 radical (unpaired) electrons. The van der Waals surface area contributed by atoms with Gasteiger partial charge in [-0.05, 0) is 44.7 Å². The van der Waals surface area contributed by atoms with Gasteiger partial charge in [-0.25, -0.2) is 0 Å². The smallest absolute Gasteiger partial charge is 0.251 e. The molecule has 0 aliphatic heterocycles. The molecule has 1 aromatic rings. The van der Waals surface area contributed by atoms with E-state index in [9.17, 15) is 4.79 Å². The molecule has 2 heteroatoms. The van der Waals surface area contributed by atoms with Gasteiger partial charge in [0.05, 0.1) is 0 Å². The molecule has 0 saturated heterocycles. The number of hydrogen-bond acceptors (Lipinski definition) is 1. The Kier molecular flexibility index (Phi) is 4.40. The SMILES string of the molecule is Cc1cccc(C(=O)N[C@H](C)C2CCCCC2)c1. The van der Waals surface area contributed by atoms with Crippen molar-refractivity contribution < 1.29 is 4.79 Å². The van der Waals surface area contributed by atoms with E-state index in [1.54, 1.807) is 0 Å². The maximum atomic E-state index is 12.1. The Hall–Kier alpha value is -1.31. The lowest BCUT2D eigenvalue weighted by atomic mass is 9.84. The standard InChI is InChI=1S/C16H23NO/c1-12-7-6-10-15(11-12)16(18)17-13(2)14-8-4-3-5-9-14/h6-7,10-11,13-14H,3-5,8-9H2,1-2H3,(H,17,18)/t13-/m1/s1. The molecule has 0 spiro atoms. The Morgan fingerprint density at radius 2 is 2.00 bits per heavy atom. The fourth-order valence-electron chi connectivity index (χ4n) is 2.83. The van der Waals surface area contributed by atoms with Crippen molar-refractivity contribution in [3.8, 4) is 0 Å². The molecule has 98 valence electrons. The van der Waals surface area contributed by atoms with E-state index in [1.807, 2.05) is 31.2 Å². The summed E-state index contributed by atoms with van der Waals surface area (Å²) in [6.07, 6.45) is 6.50. The average molecular weight is 245 g/mol. The highest BCUT2D eigenvalue weighted by Gasteiger charge is 2.21. The fourth-order valence-corrected chi connectivity index (χ4v) is 2.83. The van der Waals surface area contributed by atoms with Crippen molar-refractivity contribution in [3.05, 3.63) is 35.4 Å². The van der Waals surface area contributed by atoms with Gasteiger partial charge >= 0.3 is 0 Å². The van der Waals surface area contributed by atoms with Crippen LogP contribution >= 0.6 is 0 Å². The molecule has 18 heavy (non-hydrogen) atoms. The van der Waals surface area contributed by atoms with Gasteiger partial charge in [-0.2, -0.15) is 0 Å². The monoisotopic (exact) mass is 245 g/mol. The van der Waals surface area contributed by atoms with Gasteiger partial charge in [-0.1, -0.05) is 37.0 Å². The molecule has 1 aliphatic rings. The first-order valence-corrected chi connectivity index (χ1v) is 7.04. The van der Waals surface area contributed by atoms with Crippen LogP contribution in [0.25, 0.3) is 0 Å². The van der Waals surface area contributed by atoms with E-state index >= 15 is 0 Å². The molecule has 2 rings (SSSR count). The highest BCUT2D eigenvalue weighted by molar-refractivity contribution is 5.94. The Morgan fingerprint density at radius 3 is 2.67 bits per heavy atom. The first-order valence-electron chi connectivity index (χ1n) is 7.04. The molecular formula is C16H23NO. The van der Waals surface area contributed by atoms with Crippen molar-refractivity contribution >= 4 is 5.91 Å². The second-order valence-corrected chi connectivity index (χ2v) is 5.53. The molecule has 1 amide bonds. The maximum Gasteiger partial charge on any atom is 0.251 e. The van der Waals surface area contributed by atoms with Gasteiger partial charge in [-0.15, -0.1) is 0 Å². The minimum absolute atomic E-state index is 0.0665. The molecule has 0 unspecified atom stereocenters. The molecule has 0 heterocycles. The summed E-state index contributed by atoms with van der Waals surface area (Å²) >= 11 is 0. The first kappa shape index (κ1) is 13.1. The summed E-state index contributed by atoms with van der Waals surface area (Å²) < 4.78 is 0. The highest BCUT2D eigenvalue weighted by atomic mass is 16.1. The van der Waals surface area contributed by atoms with E-state index in [2.05, 4.69) is 12.2 Å². The molecule has 1 saturated carbocycles. The first-order chi connectivity index (χ1) is 8.66. The van der Waals surface area contributed by atoms with Crippen LogP contribution in [0, 0.1) is 12.8 Å². The van der Waals surface area contributed by atoms with Gasteiger partial charge < -0.3 is 5.32 Å². The van der Waals surface area contributed by atoms with Crippen LogP contribution in [-0.2, 0) is 0 Å². The van der Waals surface area contributed by atoms with Gasteiger partial charge in [0.2, 0.25) is 0 Å². The van der Waals surface area contributed by atoms with E-state index in [0.717, 1.165) is 11.1 Å². The average Bonchev–Trinajstić information content (AvgIpc) is 2.39.